The first-order valence-electron chi connectivity index (χ1n) is 8.97. The van der Waals surface area contributed by atoms with Gasteiger partial charge in [-0.2, -0.15) is 0 Å². The lowest BCUT2D eigenvalue weighted by molar-refractivity contribution is -0.132. The van der Waals surface area contributed by atoms with Crippen LogP contribution in [-0.4, -0.2) is 47.9 Å². The number of carbonyl (C=O) groups is 2. The summed E-state index contributed by atoms with van der Waals surface area (Å²) in [6.07, 6.45) is 2.12. The number of benzene rings is 1. The van der Waals surface area contributed by atoms with Gasteiger partial charge in [0.05, 0.1) is 5.69 Å². The number of piperazine rings is 1. The zero-order valence-electron chi connectivity index (χ0n) is 14.8. The van der Waals surface area contributed by atoms with Crippen molar-refractivity contribution in [2.45, 2.75) is 19.8 Å². The van der Waals surface area contributed by atoms with E-state index in [1.165, 1.54) is 11.3 Å². The maximum Gasteiger partial charge on any atom is 0.257 e. The van der Waals surface area contributed by atoms with Crippen LogP contribution in [0.25, 0.3) is 0 Å². The van der Waals surface area contributed by atoms with E-state index in [9.17, 15) is 9.59 Å². The summed E-state index contributed by atoms with van der Waals surface area (Å²) < 4.78 is 0. The number of hydrogen-bond donors (Lipinski definition) is 1. The van der Waals surface area contributed by atoms with Crippen LogP contribution in [0.4, 0.5) is 10.8 Å². The molecule has 1 aliphatic heterocycles. The normalized spacial score (nSPS) is 17.3. The standard InChI is InChI=1S/C19H22N4O2S/c1-13-12-26-19(20-13)21-17(24)14-4-6-16(7-5-14)22-8-10-23(11-9-22)18(25)15-2-3-15/h4-7,12,15H,2-3,8-11H2,1H3,(H,20,21,24). The van der Waals surface area contributed by atoms with Crippen LogP contribution in [0, 0.1) is 12.8 Å². The van der Waals surface area contributed by atoms with Crippen LogP contribution in [0.15, 0.2) is 29.6 Å². The van der Waals surface area contributed by atoms with E-state index >= 15 is 0 Å². The summed E-state index contributed by atoms with van der Waals surface area (Å²) in [4.78, 5) is 32.9. The third-order valence-electron chi connectivity index (χ3n) is 4.85. The van der Waals surface area contributed by atoms with Crippen LogP contribution in [-0.2, 0) is 4.79 Å². The number of amides is 2. The van der Waals surface area contributed by atoms with Crippen LogP contribution in [0.2, 0.25) is 0 Å². The van der Waals surface area contributed by atoms with Crippen LogP contribution in [0.1, 0.15) is 28.9 Å². The quantitative estimate of drug-likeness (QED) is 0.899. The van der Waals surface area contributed by atoms with Crippen molar-refractivity contribution in [3.05, 3.63) is 40.9 Å². The maximum atomic E-state index is 12.3. The van der Waals surface area contributed by atoms with Gasteiger partial charge in [0.1, 0.15) is 0 Å². The Hall–Kier alpha value is -2.41. The smallest absolute Gasteiger partial charge is 0.257 e. The Morgan fingerprint density at radius 3 is 2.38 bits per heavy atom. The molecule has 1 aliphatic carbocycles. The first-order valence-corrected chi connectivity index (χ1v) is 9.85. The van der Waals surface area contributed by atoms with Gasteiger partial charge in [-0.1, -0.05) is 0 Å². The van der Waals surface area contributed by atoms with Gasteiger partial charge in [0, 0.05) is 48.7 Å². The van der Waals surface area contributed by atoms with Crippen LogP contribution < -0.4 is 10.2 Å². The Bertz CT molecular complexity index is 805. The van der Waals surface area contributed by atoms with E-state index in [-0.39, 0.29) is 5.91 Å². The number of aryl methyl sites for hydroxylation is 1. The molecule has 136 valence electrons. The lowest BCUT2D eigenvalue weighted by atomic mass is 10.1. The van der Waals surface area contributed by atoms with Gasteiger partial charge < -0.3 is 9.80 Å². The van der Waals surface area contributed by atoms with Crippen molar-refractivity contribution in [3.63, 3.8) is 0 Å². The van der Waals surface area contributed by atoms with Crippen molar-refractivity contribution in [3.8, 4) is 0 Å². The highest BCUT2D eigenvalue weighted by Crippen LogP contribution is 2.31. The third-order valence-corrected chi connectivity index (χ3v) is 5.73. The first-order chi connectivity index (χ1) is 12.6. The molecule has 1 saturated heterocycles. The van der Waals surface area contributed by atoms with Gasteiger partial charge in [0.25, 0.3) is 5.91 Å². The lowest BCUT2D eigenvalue weighted by Crippen LogP contribution is -2.49. The average Bonchev–Trinajstić information content (AvgIpc) is 3.44. The summed E-state index contributed by atoms with van der Waals surface area (Å²) in [5.41, 5.74) is 2.61. The molecule has 2 amide bonds. The number of nitrogens with zero attached hydrogens (tertiary/aromatic N) is 3. The molecule has 2 fully saturated rings. The van der Waals surface area contributed by atoms with E-state index in [0.29, 0.717) is 22.5 Å². The highest BCUT2D eigenvalue weighted by atomic mass is 32.1. The molecule has 4 rings (SSSR count). The molecule has 2 aliphatic rings. The number of aromatic nitrogens is 1. The van der Waals surface area contributed by atoms with Crippen molar-refractivity contribution < 1.29 is 9.59 Å². The molecule has 1 aromatic heterocycles. The molecular weight excluding hydrogens is 348 g/mol. The molecule has 7 heteroatoms. The average molecular weight is 370 g/mol. The molecule has 0 spiro atoms. The van der Waals surface area contributed by atoms with E-state index < -0.39 is 0 Å². The molecule has 1 aromatic carbocycles. The van der Waals surface area contributed by atoms with E-state index in [1.807, 2.05) is 41.5 Å². The second kappa shape index (κ2) is 7.07. The first kappa shape index (κ1) is 17.0. The summed E-state index contributed by atoms with van der Waals surface area (Å²) in [5.74, 6) is 0.473. The van der Waals surface area contributed by atoms with Crippen LogP contribution in [0.5, 0.6) is 0 Å². The molecule has 0 atom stereocenters. The van der Waals surface area contributed by atoms with Gasteiger partial charge in [0.15, 0.2) is 5.13 Å². The topological polar surface area (TPSA) is 65.5 Å². The van der Waals surface area contributed by atoms with Gasteiger partial charge in [-0.05, 0) is 44.0 Å². The Kier molecular flexibility index (Phi) is 4.63. The predicted molar refractivity (Wildman–Crippen MR) is 103 cm³/mol. The molecule has 2 heterocycles. The molecular formula is C19H22N4O2S. The summed E-state index contributed by atoms with van der Waals surface area (Å²) in [5, 5.41) is 5.35. The Balaban J connectivity index is 1.34. The Morgan fingerprint density at radius 1 is 1.12 bits per heavy atom. The molecule has 0 bridgehead atoms. The summed E-state index contributed by atoms with van der Waals surface area (Å²) in [6, 6.07) is 7.63. The van der Waals surface area contributed by atoms with Gasteiger partial charge >= 0.3 is 0 Å². The lowest BCUT2D eigenvalue weighted by Gasteiger charge is -2.36. The van der Waals surface area contributed by atoms with Gasteiger partial charge in [-0.3, -0.25) is 14.9 Å². The van der Waals surface area contributed by atoms with Crippen LogP contribution in [0.3, 0.4) is 0 Å². The molecule has 1 N–H and O–H groups in total. The van der Waals surface area contributed by atoms with Gasteiger partial charge in [-0.15, -0.1) is 11.3 Å². The predicted octanol–water partition coefficient (Wildman–Crippen LogP) is 2.76. The molecule has 0 radical (unpaired) electrons. The van der Waals surface area contributed by atoms with Gasteiger partial charge in [-0.25, -0.2) is 4.98 Å². The summed E-state index contributed by atoms with van der Waals surface area (Å²) in [6.45, 7) is 5.13. The number of hydrogen-bond acceptors (Lipinski definition) is 5. The zero-order chi connectivity index (χ0) is 18.1. The number of rotatable bonds is 4. The second-order valence-electron chi connectivity index (χ2n) is 6.88. The fourth-order valence-electron chi connectivity index (χ4n) is 3.18. The highest BCUT2D eigenvalue weighted by Gasteiger charge is 2.34. The number of anilines is 2. The van der Waals surface area contributed by atoms with Crippen molar-refractivity contribution >= 4 is 34.0 Å². The monoisotopic (exact) mass is 370 g/mol. The number of carbonyl (C=O) groups excluding carboxylic acids is 2. The number of thiazole rings is 1. The molecule has 6 nitrogen and oxygen atoms in total. The Morgan fingerprint density at radius 2 is 1.81 bits per heavy atom. The second-order valence-corrected chi connectivity index (χ2v) is 7.74. The summed E-state index contributed by atoms with van der Waals surface area (Å²) in [7, 11) is 0. The van der Waals surface area contributed by atoms with E-state index in [0.717, 1.165) is 50.4 Å². The SMILES string of the molecule is Cc1csc(NC(=O)c2ccc(N3CCN(C(=O)C4CC4)CC3)cc2)n1. The van der Waals surface area contributed by atoms with Crippen molar-refractivity contribution in [1.82, 2.24) is 9.88 Å². The molecule has 2 aromatic rings. The van der Waals surface area contributed by atoms with Crippen molar-refractivity contribution in [2.24, 2.45) is 5.92 Å². The van der Waals surface area contributed by atoms with Crippen molar-refractivity contribution in [2.75, 3.05) is 36.4 Å². The summed E-state index contributed by atoms with van der Waals surface area (Å²) >= 11 is 1.42. The molecule has 26 heavy (non-hydrogen) atoms. The largest absolute Gasteiger partial charge is 0.368 e. The molecule has 1 saturated carbocycles. The minimum atomic E-state index is -0.147. The van der Waals surface area contributed by atoms with E-state index in [1.54, 1.807) is 0 Å². The third kappa shape index (κ3) is 3.72. The highest BCUT2D eigenvalue weighted by molar-refractivity contribution is 7.13. The maximum absolute atomic E-state index is 12.3. The minimum Gasteiger partial charge on any atom is -0.368 e. The minimum absolute atomic E-state index is 0.147. The van der Waals surface area contributed by atoms with E-state index in [4.69, 9.17) is 0 Å². The van der Waals surface area contributed by atoms with Gasteiger partial charge in [0.2, 0.25) is 5.91 Å². The fourth-order valence-corrected chi connectivity index (χ4v) is 3.86. The zero-order valence-corrected chi connectivity index (χ0v) is 15.6. The number of nitrogens with one attached hydrogen (secondary N) is 1. The van der Waals surface area contributed by atoms with Crippen LogP contribution >= 0.6 is 11.3 Å². The molecule has 0 unspecified atom stereocenters. The van der Waals surface area contributed by atoms with E-state index in [2.05, 4.69) is 15.2 Å². The Labute approximate surface area is 156 Å². The fraction of sp³-hybridized carbons (Fsp3) is 0.421. The van der Waals surface area contributed by atoms with Crippen molar-refractivity contribution in [1.29, 1.82) is 0 Å².